The predicted molar refractivity (Wildman–Crippen MR) is 81.1 cm³/mol. The number of aryl methyl sites for hydroxylation is 1. The molecule has 2 aliphatic rings. The Kier molecular flexibility index (Phi) is 3.21. The van der Waals surface area contributed by atoms with E-state index in [1.165, 1.54) is 11.0 Å². The van der Waals surface area contributed by atoms with Crippen molar-refractivity contribution < 1.29 is 18.8 Å². The molecule has 0 spiro atoms. The molecular formula is C16H18FN3O3. The van der Waals surface area contributed by atoms with Gasteiger partial charge in [-0.3, -0.25) is 14.9 Å². The first-order valence-corrected chi connectivity index (χ1v) is 7.36. The Hall–Kier alpha value is -2.44. The van der Waals surface area contributed by atoms with Gasteiger partial charge in [0.25, 0.3) is 0 Å². The average Bonchev–Trinajstić information content (AvgIpc) is 2.85. The summed E-state index contributed by atoms with van der Waals surface area (Å²) in [4.78, 5) is 37.9. The van der Waals surface area contributed by atoms with Gasteiger partial charge in [0.15, 0.2) is 0 Å². The van der Waals surface area contributed by atoms with Gasteiger partial charge in [0.05, 0.1) is 16.5 Å². The van der Waals surface area contributed by atoms with Crippen molar-refractivity contribution >= 4 is 23.5 Å². The van der Waals surface area contributed by atoms with E-state index in [2.05, 4.69) is 10.6 Å². The molecule has 2 unspecified atom stereocenters. The molecule has 0 aliphatic carbocycles. The first-order valence-electron chi connectivity index (χ1n) is 7.36. The van der Waals surface area contributed by atoms with Gasteiger partial charge in [0, 0.05) is 13.1 Å². The second kappa shape index (κ2) is 4.78. The molecule has 1 aromatic rings. The molecule has 4 amide bonds. The monoisotopic (exact) mass is 319 g/mol. The first kappa shape index (κ1) is 15.5. The number of amides is 4. The zero-order valence-corrected chi connectivity index (χ0v) is 13.2. The first-order chi connectivity index (χ1) is 10.7. The fourth-order valence-corrected chi connectivity index (χ4v) is 3.27. The van der Waals surface area contributed by atoms with Crippen molar-refractivity contribution in [1.82, 2.24) is 10.2 Å². The van der Waals surface area contributed by atoms with Crippen LogP contribution in [0.15, 0.2) is 18.2 Å². The largest absolute Gasteiger partial charge is 0.322 e. The maximum absolute atomic E-state index is 14.0. The summed E-state index contributed by atoms with van der Waals surface area (Å²) in [7, 11) is 0. The molecule has 0 saturated carbocycles. The van der Waals surface area contributed by atoms with Gasteiger partial charge in [-0.2, -0.15) is 0 Å². The van der Waals surface area contributed by atoms with E-state index in [4.69, 9.17) is 0 Å². The van der Waals surface area contributed by atoms with E-state index in [9.17, 15) is 18.8 Å². The number of carbonyl (C=O) groups is 3. The van der Waals surface area contributed by atoms with Gasteiger partial charge in [-0.15, -0.1) is 0 Å². The van der Waals surface area contributed by atoms with E-state index in [1.54, 1.807) is 32.9 Å². The number of rotatable bonds is 1. The normalized spacial score (nSPS) is 29.5. The van der Waals surface area contributed by atoms with Crippen molar-refractivity contribution in [2.75, 3.05) is 18.4 Å². The lowest BCUT2D eigenvalue weighted by molar-refractivity contribution is -0.128. The molecule has 2 fully saturated rings. The van der Waals surface area contributed by atoms with Crippen molar-refractivity contribution in [3.8, 4) is 0 Å². The standard InChI is InChI=1S/C16H18FN3O3/c1-9-5-4-6-10(11(9)17)18-14(23)20-7-15(2)12(21)19-13(22)16(15,3)8-20/h4-6H,7-8H2,1-3H3,(H,18,23)(H,19,21,22). The van der Waals surface area contributed by atoms with Crippen LogP contribution < -0.4 is 10.6 Å². The zero-order valence-electron chi connectivity index (χ0n) is 13.2. The van der Waals surface area contributed by atoms with Gasteiger partial charge in [-0.1, -0.05) is 12.1 Å². The van der Waals surface area contributed by atoms with Crippen LogP contribution in [-0.4, -0.2) is 35.8 Å². The van der Waals surface area contributed by atoms with E-state index in [-0.39, 0.29) is 30.6 Å². The summed E-state index contributed by atoms with van der Waals surface area (Å²) in [5, 5.41) is 4.84. The molecule has 2 aliphatic heterocycles. The number of nitrogens with one attached hydrogen (secondary N) is 2. The number of anilines is 1. The molecule has 23 heavy (non-hydrogen) atoms. The molecule has 0 aromatic heterocycles. The van der Waals surface area contributed by atoms with E-state index in [1.807, 2.05) is 0 Å². The highest BCUT2D eigenvalue weighted by atomic mass is 19.1. The van der Waals surface area contributed by atoms with Crippen LogP contribution in [0.3, 0.4) is 0 Å². The molecule has 122 valence electrons. The third-order valence-corrected chi connectivity index (χ3v) is 5.18. The van der Waals surface area contributed by atoms with Crippen molar-refractivity contribution in [2.24, 2.45) is 10.8 Å². The molecule has 2 saturated heterocycles. The minimum atomic E-state index is -0.966. The van der Waals surface area contributed by atoms with Gasteiger partial charge >= 0.3 is 6.03 Å². The zero-order chi connectivity index (χ0) is 17.0. The number of hydrogen-bond donors (Lipinski definition) is 2. The molecule has 1 aromatic carbocycles. The number of hydrogen-bond acceptors (Lipinski definition) is 3. The highest BCUT2D eigenvalue weighted by Crippen LogP contribution is 2.49. The summed E-state index contributed by atoms with van der Waals surface area (Å²) >= 11 is 0. The molecule has 0 radical (unpaired) electrons. The number of fused-ring (bicyclic) bond motifs is 1. The lowest BCUT2D eigenvalue weighted by Gasteiger charge is -2.25. The van der Waals surface area contributed by atoms with E-state index >= 15 is 0 Å². The van der Waals surface area contributed by atoms with Crippen LogP contribution in [0, 0.1) is 23.6 Å². The average molecular weight is 319 g/mol. The van der Waals surface area contributed by atoms with Crippen molar-refractivity contribution in [3.63, 3.8) is 0 Å². The summed E-state index contributed by atoms with van der Waals surface area (Å²) in [6.07, 6.45) is 0. The van der Waals surface area contributed by atoms with Crippen LogP contribution in [0.4, 0.5) is 14.9 Å². The second-order valence-electron chi connectivity index (χ2n) is 6.67. The van der Waals surface area contributed by atoms with Crippen LogP contribution in [0.5, 0.6) is 0 Å². The van der Waals surface area contributed by atoms with Crippen molar-refractivity contribution in [1.29, 1.82) is 0 Å². The van der Waals surface area contributed by atoms with Crippen molar-refractivity contribution in [2.45, 2.75) is 20.8 Å². The molecule has 6 nitrogen and oxygen atoms in total. The van der Waals surface area contributed by atoms with Gasteiger partial charge in [0.2, 0.25) is 11.8 Å². The highest BCUT2D eigenvalue weighted by Gasteiger charge is 2.66. The number of carbonyl (C=O) groups excluding carboxylic acids is 3. The number of benzene rings is 1. The topological polar surface area (TPSA) is 78.5 Å². The van der Waals surface area contributed by atoms with Crippen LogP contribution in [0.1, 0.15) is 19.4 Å². The number of urea groups is 1. The van der Waals surface area contributed by atoms with Crippen molar-refractivity contribution in [3.05, 3.63) is 29.6 Å². The Morgan fingerprint density at radius 3 is 2.35 bits per heavy atom. The smallest absolute Gasteiger partial charge is 0.321 e. The fourth-order valence-electron chi connectivity index (χ4n) is 3.27. The quantitative estimate of drug-likeness (QED) is 0.773. The molecule has 3 rings (SSSR count). The molecule has 2 N–H and O–H groups in total. The number of imide groups is 1. The Bertz CT molecular complexity index is 707. The van der Waals surface area contributed by atoms with Gasteiger partial charge in [-0.25, -0.2) is 9.18 Å². The summed E-state index contributed by atoms with van der Waals surface area (Å²) in [6, 6.07) is 4.20. The number of likely N-dealkylation sites (tertiary alicyclic amines) is 1. The summed E-state index contributed by atoms with van der Waals surface area (Å²) in [5.41, 5.74) is -1.42. The third-order valence-electron chi connectivity index (χ3n) is 5.18. The Labute approximate surface area is 133 Å². The van der Waals surface area contributed by atoms with E-state index in [0.717, 1.165) is 0 Å². The minimum Gasteiger partial charge on any atom is -0.322 e. The third kappa shape index (κ3) is 2.03. The Morgan fingerprint density at radius 2 is 1.78 bits per heavy atom. The molecular weight excluding hydrogens is 301 g/mol. The molecule has 7 heteroatoms. The van der Waals surface area contributed by atoms with Gasteiger partial charge in [-0.05, 0) is 32.4 Å². The SMILES string of the molecule is Cc1cccc(NC(=O)N2CC3(C)C(=O)NC(=O)C3(C)C2)c1F. The van der Waals surface area contributed by atoms with E-state index in [0.29, 0.717) is 5.56 Å². The molecule has 2 heterocycles. The summed E-state index contributed by atoms with van der Waals surface area (Å²) in [6.45, 7) is 5.18. The molecule has 0 bridgehead atoms. The number of nitrogens with zero attached hydrogens (tertiary/aromatic N) is 1. The van der Waals surface area contributed by atoms with Crippen LogP contribution >= 0.6 is 0 Å². The lowest BCUT2D eigenvalue weighted by atomic mass is 9.70. The Balaban J connectivity index is 1.82. The predicted octanol–water partition coefficient (Wildman–Crippen LogP) is 1.65. The van der Waals surface area contributed by atoms with Crippen LogP contribution in [0.25, 0.3) is 0 Å². The maximum Gasteiger partial charge on any atom is 0.321 e. The highest BCUT2D eigenvalue weighted by molar-refractivity contribution is 6.10. The molecule has 2 atom stereocenters. The van der Waals surface area contributed by atoms with E-state index < -0.39 is 22.7 Å². The summed E-state index contributed by atoms with van der Waals surface area (Å²) < 4.78 is 14.0. The van der Waals surface area contributed by atoms with Gasteiger partial charge in [0.1, 0.15) is 5.82 Å². The Morgan fingerprint density at radius 1 is 1.22 bits per heavy atom. The second-order valence-corrected chi connectivity index (χ2v) is 6.67. The lowest BCUT2D eigenvalue weighted by Crippen LogP contribution is -2.40. The summed E-state index contributed by atoms with van der Waals surface area (Å²) in [5.74, 6) is -1.24. The van der Waals surface area contributed by atoms with Gasteiger partial charge < -0.3 is 10.2 Å². The fraction of sp³-hybridized carbons (Fsp3) is 0.438. The number of halogens is 1. The van der Waals surface area contributed by atoms with Crippen LogP contribution in [0.2, 0.25) is 0 Å². The maximum atomic E-state index is 14.0. The minimum absolute atomic E-state index is 0.0816. The van der Waals surface area contributed by atoms with Crippen LogP contribution in [-0.2, 0) is 9.59 Å².